The van der Waals surface area contributed by atoms with Gasteiger partial charge in [0.1, 0.15) is 5.82 Å². The molecule has 0 bridgehead atoms. The fourth-order valence-electron chi connectivity index (χ4n) is 1.41. The lowest BCUT2D eigenvalue weighted by Crippen LogP contribution is -2.24. The quantitative estimate of drug-likeness (QED) is 0.744. The summed E-state index contributed by atoms with van der Waals surface area (Å²) < 4.78 is 0. The van der Waals surface area contributed by atoms with E-state index in [9.17, 15) is 4.79 Å². The van der Waals surface area contributed by atoms with Gasteiger partial charge in [0.15, 0.2) is 0 Å². The number of pyridine rings is 1. The maximum absolute atomic E-state index is 11.2. The Labute approximate surface area is 91.1 Å². The summed E-state index contributed by atoms with van der Waals surface area (Å²) in [7, 11) is 1.74. The summed E-state index contributed by atoms with van der Waals surface area (Å²) in [6.45, 7) is 7.78. The SMILES string of the molecule is CC(=O)N(C)c1ncc(C(C)C)cc1C. The van der Waals surface area contributed by atoms with E-state index in [1.165, 1.54) is 12.5 Å². The van der Waals surface area contributed by atoms with E-state index in [1.807, 2.05) is 13.1 Å². The second kappa shape index (κ2) is 4.43. The lowest BCUT2D eigenvalue weighted by Gasteiger charge is -2.17. The van der Waals surface area contributed by atoms with Gasteiger partial charge in [0, 0.05) is 20.2 Å². The van der Waals surface area contributed by atoms with Crippen molar-refractivity contribution in [3.63, 3.8) is 0 Å². The van der Waals surface area contributed by atoms with Crippen molar-refractivity contribution in [1.29, 1.82) is 0 Å². The Morgan fingerprint density at radius 1 is 1.47 bits per heavy atom. The first kappa shape index (κ1) is 11.7. The van der Waals surface area contributed by atoms with E-state index in [2.05, 4.69) is 24.9 Å². The first-order chi connectivity index (χ1) is 6.93. The van der Waals surface area contributed by atoms with Gasteiger partial charge in [-0.3, -0.25) is 9.69 Å². The highest BCUT2D eigenvalue weighted by Crippen LogP contribution is 2.21. The Hall–Kier alpha value is -1.38. The number of carbonyl (C=O) groups excluding carboxylic acids is 1. The maximum Gasteiger partial charge on any atom is 0.224 e. The average Bonchev–Trinajstić information content (AvgIpc) is 2.16. The largest absolute Gasteiger partial charge is 0.300 e. The van der Waals surface area contributed by atoms with Crippen molar-refractivity contribution in [3.8, 4) is 0 Å². The van der Waals surface area contributed by atoms with Crippen LogP contribution in [-0.4, -0.2) is 17.9 Å². The molecule has 0 unspecified atom stereocenters. The van der Waals surface area contributed by atoms with Crippen molar-refractivity contribution in [2.45, 2.75) is 33.6 Å². The van der Waals surface area contributed by atoms with Crippen LogP contribution in [0.25, 0.3) is 0 Å². The first-order valence-electron chi connectivity index (χ1n) is 5.14. The van der Waals surface area contributed by atoms with Crippen molar-refractivity contribution in [3.05, 3.63) is 23.4 Å². The number of anilines is 1. The van der Waals surface area contributed by atoms with Gasteiger partial charge in [-0.15, -0.1) is 0 Å². The highest BCUT2D eigenvalue weighted by molar-refractivity contribution is 5.90. The number of hydrogen-bond donors (Lipinski definition) is 0. The van der Waals surface area contributed by atoms with Gasteiger partial charge < -0.3 is 0 Å². The van der Waals surface area contributed by atoms with E-state index >= 15 is 0 Å². The number of aryl methyl sites for hydroxylation is 1. The van der Waals surface area contributed by atoms with Crippen LogP contribution in [0.3, 0.4) is 0 Å². The van der Waals surface area contributed by atoms with E-state index < -0.39 is 0 Å². The van der Waals surface area contributed by atoms with Crippen LogP contribution in [0.15, 0.2) is 12.3 Å². The summed E-state index contributed by atoms with van der Waals surface area (Å²) >= 11 is 0. The van der Waals surface area contributed by atoms with Gasteiger partial charge in [0.25, 0.3) is 0 Å². The third-order valence-electron chi connectivity index (χ3n) is 2.53. The molecule has 0 aromatic carbocycles. The zero-order valence-corrected chi connectivity index (χ0v) is 10.0. The minimum absolute atomic E-state index is 0.00268. The van der Waals surface area contributed by atoms with Gasteiger partial charge in [-0.2, -0.15) is 0 Å². The lowest BCUT2D eigenvalue weighted by molar-refractivity contribution is -0.116. The van der Waals surface area contributed by atoms with Crippen LogP contribution < -0.4 is 4.90 Å². The second-order valence-corrected chi connectivity index (χ2v) is 4.14. The molecule has 3 nitrogen and oxygen atoms in total. The molecule has 0 aliphatic heterocycles. The molecule has 0 fully saturated rings. The molecule has 1 rings (SSSR count). The number of amides is 1. The predicted molar refractivity (Wildman–Crippen MR) is 62.1 cm³/mol. The number of rotatable bonds is 2. The zero-order chi connectivity index (χ0) is 11.6. The van der Waals surface area contributed by atoms with Crippen molar-refractivity contribution >= 4 is 11.7 Å². The highest BCUT2D eigenvalue weighted by Gasteiger charge is 2.11. The second-order valence-electron chi connectivity index (χ2n) is 4.14. The van der Waals surface area contributed by atoms with Crippen LogP contribution >= 0.6 is 0 Å². The van der Waals surface area contributed by atoms with Crippen LogP contribution in [0.5, 0.6) is 0 Å². The van der Waals surface area contributed by atoms with E-state index in [0.29, 0.717) is 5.92 Å². The van der Waals surface area contributed by atoms with Crippen LogP contribution in [0.2, 0.25) is 0 Å². The molecular formula is C12H18N2O. The van der Waals surface area contributed by atoms with Crippen molar-refractivity contribution in [2.75, 3.05) is 11.9 Å². The summed E-state index contributed by atoms with van der Waals surface area (Å²) in [6, 6.07) is 2.09. The van der Waals surface area contributed by atoms with Gasteiger partial charge in [0.2, 0.25) is 5.91 Å². The smallest absolute Gasteiger partial charge is 0.224 e. The molecule has 0 radical (unpaired) electrons. The number of nitrogens with zero attached hydrogens (tertiary/aromatic N) is 2. The highest BCUT2D eigenvalue weighted by atomic mass is 16.2. The van der Waals surface area contributed by atoms with Crippen LogP contribution in [0, 0.1) is 6.92 Å². The monoisotopic (exact) mass is 206 g/mol. The molecule has 0 saturated heterocycles. The van der Waals surface area contributed by atoms with Crippen LogP contribution in [-0.2, 0) is 4.79 Å². The summed E-state index contributed by atoms with van der Waals surface area (Å²) in [4.78, 5) is 17.1. The molecule has 82 valence electrons. The van der Waals surface area contributed by atoms with E-state index in [1.54, 1.807) is 11.9 Å². The number of hydrogen-bond acceptors (Lipinski definition) is 2. The number of carbonyl (C=O) groups is 1. The Morgan fingerprint density at radius 2 is 2.07 bits per heavy atom. The molecule has 1 aromatic rings. The fraction of sp³-hybridized carbons (Fsp3) is 0.500. The zero-order valence-electron chi connectivity index (χ0n) is 10.0. The number of aromatic nitrogens is 1. The topological polar surface area (TPSA) is 33.2 Å². The van der Waals surface area contributed by atoms with Gasteiger partial charge in [-0.1, -0.05) is 19.9 Å². The van der Waals surface area contributed by atoms with Gasteiger partial charge >= 0.3 is 0 Å². The summed E-state index contributed by atoms with van der Waals surface area (Å²) in [5, 5.41) is 0. The van der Waals surface area contributed by atoms with Crippen molar-refractivity contribution in [2.24, 2.45) is 0 Å². The minimum Gasteiger partial charge on any atom is -0.300 e. The molecule has 0 aliphatic carbocycles. The fourth-order valence-corrected chi connectivity index (χ4v) is 1.41. The first-order valence-corrected chi connectivity index (χ1v) is 5.14. The van der Waals surface area contributed by atoms with Gasteiger partial charge in [0.05, 0.1) is 0 Å². The molecule has 0 saturated carbocycles. The summed E-state index contributed by atoms with van der Waals surface area (Å²) in [5.74, 6) is 1.21. The normalized spacial score (nSPS) is 10.5. The Bertz CT molecular complexity index is 372. The van der Waals surface area contributed by atoms with Crippen LogP contribution in [0.1, 0.15) is 37.8 Å². The molecule has 0 atom stereocenters. The molecule has 1 amide bonds. The molecule has 0 N–H and O–H groups in total. The van der Waals surface area contributed by atoms with E-state index in [0.717, 1.165) is 11.4 Å². The van der Waals surface area contributed by atoms with Crippen LogP contribution in [0.4, 0.5) is 5.82 Å². The van der Waals surface area contributed by atoms with Crippen molar-refractivity contribution in [1.82, 2.24) is 4.98 Å². The van der Waals surface area contributed by atoms with Crippen molar-refractivity contribution < 1.29 is 4.79 Å². The minimum atomic E-state index is 0.00268. The third kappa shape index (κ3) is 2.55. The molecule has 0 spiro atoms. The molecular weight excluding hydrogens is 188 g/mol. The predicted octanol–water partition coefficient (Wildman–Crippen LogP) is 2.50. The Kier molecular flexibility index (Phi) is 3.45. The summed E-state index contributed by atoms with van der Waals surface area (Å²) in [5.41, 5.74) is 2.24. The maximum atomic E-state index is 11.2. The van der Waals surface area contributed by atoms with E-state index in [4.69, 9.17) is 0 Å². The molecule has 1 aromatic heterocycles. The standard InChI is InChI=1S/C12H18N2O/c1-8(2)11-6-9(3)12(13-7-11)14(5)10(4)15/h6-8H,1-5H3. The molecule has 0 aliphatic rings. The third-order valence-corrected chi connectivity index (χ3v) is 2.53. The Balaban J connectivity index is 3.08. The molecule has 15 heavy (non-hydrogen) atoms. The molecule has 1 heterocycles. The lowest BCUT2D eigenvalue weighted by atomic mass is 10.0. The van der Waals surface area contributed by atoms with Gasteiger partial charge in [-0.25, -0.2) is 4.98 Å². The molecule has 3 heteroatoms. The Morgan fingerprint density at radius 3 is 2.47 bits per heavy atom. The average molecular weight is 206 g/mol. The van der Waals surface area contributed by atoms with E-state index in [-0.39, 0.29) is 5.91 Å². The van der Waals surface area contributed by atoms with Gasteiger partial charge in [-0.05, 0) is 24.0 Å². The summed E-state index contributed by atoms with van der Waals surface area (Å²) in [6.07, 6.45) is 1.84.